The lowest BCUT2D eigenvalue weighted by Crippen LogP contribution is -2.57. The molecule has 0 aromatic heterocycles. The molecule has 5 N–H and O–H groups in total. The number of nitrogens with one attached hydrogen (secondary N) is 3. The standard InChI is InChI=1S/C30H39ClN6O5S/c1-20-13-26(27(38)34-17-23-14-24(31)8-7-22(23)16-32)37(18-20)29(40)30(15-25(30)28(39)36-11-9-33-10-12-36)35-43(41,42)19-21-5-3-2-4-6-21/h2-8,14,20,25-26,33,35H,9-13,15-19,32H2,1H3,(H,34,38)/t20-,25-,26+,30?/m1/s1. The van der Waals surface area contributed by atoms with E-state index in [0.717, 1.165) is 11.1 Å². The maximum Gasteiger partial charge on any atom is 0.245 e. The second kappa shape index (κ2) is 12.9. The van der Waals surface area contributed by atoms with Gasteiger partial charge in [0.15, 0.2) is 0 Å². The van der Waals surface area contributed by atoms with Crippen molar-refractivity contribution in [1.29, 1.82) is 0 Å². The molecule has 3 fully saturated rings. The SMILES string of the molecule is C[C@@H]1C[C@@H](C(=O)NCc2cc(Cl)ccc2CN)N(C(=O)C2(NS(=O)(=O)Cc3ccccc3)C[C@@H]2C(=O)N2CCNCC2)C1. The van der Waals surface area contributed by atoms with Crippen molar-refractivity contribution in [2.75, 3.05) is 32.7 Å². The minimum Gasteiger partial charge on any atom is -0.350 e. The van der Waals surface area contributed by atoms with E-state index >= 15 is 0 Å². The Morgan fingerprint density at radius 3 is 2.51 bits per heavy atom. The highest BCUT2D eigenvalue weighted by atomic mass is 35.5. The Balaban J connectivity index is 1.37. The Bertz CT molecular complexity index is 1470. The quantitative estimate of drug-likeness (QED) is 0.305. The van der Waals surface area contributed by atoms with Crippen LogP contribution in [0.4, 0.5) is 0 Å². The van der Waals surface area contributed by atoms with Crippen molar-refractivity contribution in [3.05, 3.63) is 70.2 Å². The molecule has 232 valence electrons. The molecule has 2 aliphatic heterocycles. The first kappa shape index (κ1) is 31.4. The van der Waals surface area contributed by atoms with Crippen LogP contribution in [0.5, 0.6) is 0 Å². The average Bonchev–Trinajstić information content (AvgIpc) is 3.57. The van der Waals surface area contributed by atoms with Crippen molar-refractivity contribution in [3.8, 4) is 0 Å². The highest BCUT2D eigenvalue weighted by Crippen LogP contribution is 2.48. The molecule has 2 aromatic carbocycles. The van der Waals surface area contributed by atoms with Crippen LogP contribution >= 0.6 is 11.6 Å². The summed E-state index contributed by atoms with van der Waals surface area (Å²) in [5.41, 5.74) is 6.40. The highest BCUT2D eigenvalue weighted by molar-refractivity contribution is 7.88. The maximum absolute atomic E-state index is 14.3. The third-order valence-electron chi connectivity index (χ3n) is 8.52. The summed E-state index contributed by atoms with van der Waals surface area (Å²) in [7, 11) is -4.02. The number of rotatable bonds is 10. The summed E-state index contributed by atoms with van der Waals surface area (Å²) >= 11 is 6.16. The van der Waals surface area contributed by atoms with Crippen LogP contribution in [-0.4, -0.2) is 80.2 Å². The molecular weight excluding hydrogens is 592 g/mol. The van der Waals surface area contributed by atoms with E-state index in [1.165, 1.54) is 4.90 Å². The number of sulfonamides is 1. The lowest BCUT2D eigenvalue weighted by molar-refractivity contribution is -0.143. The fourth-order valence-electron chi connectivity index (χ4n) is 6.20. The van der Waals surface area contributed by atoms with Crippen LogP contribution in [0.3, 0.4) is 0 Å². The van der Waals surface area contributed by atoms with E-state index < -0.39 is 33.4 Å². The monoisotopic (exact) mass is 630 g/mol. The van der Waals surface area contributed by atoms with E-state index in [9.17, 15) is 22.8 Å². The largest absolute Gasteiger partial charge is 0.350 e. The Morgan fingerprint density at radius 1 is 1.09 bits per heavy atom. The van der Waals surface area contributed by atoms with E-state index in [1.54, 1.807) is 47.4 Å². The summed E-state index contributed by atoms with van der Waals surface area (Å²) in [5, 5.41) is 6.64. The molecule has 2 heterocycles. The summed E-state index contributed by atoms with van der Waals surface area (Å²) in [6, 6.07) is 13.2. The predicted octanol–water partition coefficient (Wildman–Crippen LogP) is 0.962. The summed E-state index contributed by atoms with van der Waals surface area (Å²) in [6.45, 7) is 4.90. The van der Waals surface area contributed by atoms with Crippen LogP contribution < -0.4 is 21.1 Å². The Labute approximate surface area is 257 Å². The Hall–Kier alpha value is -3.03. The first-order chi connectivity index (χ1) is 20.5. The first-order valence-corrected chi connectivity index (χ1v) is 16.7. The molecule has 3 aliphatic rings. The van der Waals surface area contributed by atoms with Crippen molar-refractivity contribution in [1.82, 2.24) is 25.2 Å². The second-order valence-corrected chi connectivity index (χ2v) is 14.0. The van der Waals surface area contributed by atoms with Crippen LogP contribution in [0.1, 0.15) is 36.5 Å². The van der Waals surface area contributed by atoms with Gasteiger partial charge in [-0.1, -0.05) is 54.9 Å². The van der Waals surface area contributed by atoms with Crippen molar-refractivity contribution < 1.29 is 22.8 Å². The van der Waals surface area contributed by atoms with Gasteiger partial charge in [-0.05, 0) is 47.6 Å². The summed E-state index contributed by atoms with van der Waals surface area (Å²) < 4.78 is 29.5. The van der Waals surface area contributed by atoms with Crippen LogP contribution in [0.25, 0.3) is 0 Å². The number of halogens is 1. The van der Waals surface area contributed by atoms with Crippen molar-refractivity contribution in [3.63, 3.8) is 0 Å². The smallest absolute Gasteiger partial charge is 0.245 e. The van der Waals surface area contributed by atoms with E-state index in [1.807, 2.05) is 13.0 Å². The van der Waals surface area contributed by atoms with Crippen molar-refractivity contribution >= 4 is 39.3 Å². The van der Waals surface area contributed by atoms with Gasteiger partial charge in [0.25, 0.3) is 0 Å². The molecule has 1 aliphatic carbocycles. The molecule has 0 bridgehead atoms. The molecule has 11 nitrogen and oxygen atoms in total. The van der Waals surface area contributed by atoms with Crippen molar-refractivity contribution in [2.24, 2.45) is 17.6 Å². The zero-order valence-electron chi connectivity index (χ0n) is 24.2. The Kier molecular flexibility index (Phi) is 9.43. The van der Waals surface area contributed by atoms with Gasteiger partial charge < -0.3 is 26.2 Å². The van der Waals surface area contributed by atoms with Gasteiger partial charge in [0.05, 0.1) is 11.7 Å². The van der Waals surface area contributed by atoms with Crippen molar-refractivity contribution in [2.45, 2.75) is 50.2 Å². The van der Waals surface area contributed by atoms with Gasteiger partial charge in [0.2, 0.25) is 27.7 Å². The molecular formula is C30H39ClN6O5S. The third kappa shape index (κ3) is 7.04. The van der Waals surface area contributed by atoms with E-state index in [4.69, 9.17) is 17.3 Å². The van der Waals surface area contributed by atoms with Gasteiger partial charge in [-0.25, -0.2) is 8.42 Å². The minimum atomic E-state index is -4.02. The lowest BCUT2D eigenvalue weighted by Gasteiger charge is -2.31. The lowest BCUT2D eigenvalue weighted by atomic mass is 10.1. The first-order valence-electron chi connectivity index (χ1n) is 14.6. The van der Waals surface area contributed by atoms with Crippen LogP contribution in [0.2, 0.25) is 5.02 Å². The van der Waals surface area contributed by atoms with Gasteiger partial charge in [-0.2, -0.15) is 4.72 Å². The van der Waals surface area contributed by atoms with Crippen LogP contribution in [0.15, 0.2) is 48.5 Å². The van der Waals surface area contributed by atoms with E-state index in [-0.39, 0.29) is 49.5 Å². The number of nitrogens with zero attached hydrogens (tertiary/aromatic N) is 2. The normalized spacial score (nSPS) is 25.4. The molecule has 2 saturated heterocycles. The molecule has 3 amide bonds. The molecule has 0 radical (unpaired) electrons. The van der Waals surface area contributed by atoms with Gasteiger partial charge in [0, 0.05) is 50.8 Å². The average molecular weight is 631 g/mol. The molecule has 0 spiro atoms. The summed E-state index contributed by atoms with van der Waals surface area (Å²) in [5.74, 6) is -2.31. The number of carbonyl (C=O) groups excluding carboxylic acids is 3. The summed E-state index contributed by atoms with van der Waals surface area (Å²) in [6.07, 6.45) is 0.463. The van der Waals surface area contributed by atoms with Gasteiger partial charge in [0.1, 0.15) is 11.6 Å². The van der Waals surface area contributed by atoms with E-state index in [2.05, 4.69) is 15.4 Å². The fraction of sp³-hybridized carbons (Fsp3) is 0.500. The molecule has 2 aromatic rings. The van der Waals surface area contributed by atoms with Crippen LogP contribution in [0, 0.1) is 11.8 Å². The molecule has 1 unspecified atom stereocenters. The molecule has 4 atom stereocenters. The van der Waals surface area contributed by atoms with E-state index in [0.29, 0.717) is 43.2 Å². The summed E-state index contributed by atoms with van der Waals surface area (Å²) in [4.78, 5) is 44.5. The fourth-order valence-corrected chi connectivity index (χ4v) is 7.97. The number of carbonyl (C=O) groups is 3. The molecule has 5 rings (SSSR count). The molecule has 43 heavy (non-hydrogen) atoms. The zero-order chi connectivity index (χ0) is 30.8. The molecule has 13 heteroatoms. The second-order valence-electron chi connectivity index (χ2n) is 11.8. The highest BCUT2D eigenvalue weighted by Gasteiger charge is 2.68. The number of likely N-dealkylation sites (tertiary alicyclic amines) is 1. The van der Waals surface area contributed by atoms with Gasteiger partial charge in [-0.15, -0.1) is 0 Å². The number of amides is 3. The zero-order valence-corrected chi connectivity index (χ0v) is 25.8. The molecule has 1 saturated carbocycles. The number of piperazine rings is 1. The van der Waals surface area contributed by atoms with Gasteiger partial charge in [-0.3, -0.25) is 14.4 Å². The topological polar surface area (TPSA) is 154 Å². The predicted molar refractivity (Wildman–Crippen MR) is 163 cm³/mol. The number of nitrogens with two attached hydrogens (primary N) is 1. The van der Waals surface area contributed by atoms with Crippen LogP contribution in [-0.2, 0) is 43.2 Å². The number of hydrogen-bond acceptors (Lipinski definition) is 7. The third-order valence-corrected chi connectivity index (χ3v) is 10.1. The number of hydrogen-bond donors (Lipinski definition) is 4. The van der Waals surface area contributed by atoms with Gasteiger partial charge >= 0.3 is 0 Å². The Morgan fingerprint density at radius 2 is 1.81 bits per heavy atom. The maximum atomic E-state index is 14.3. The minimum absolute atomic E-state index is 0.00418. The number of benzene rings is 2.